The van der Waals surface area contributed by atoms with Crippen LogP contribution in [0.4, 0.5) is 8.78 Å². The summed E-state index contributed by atoms with van der Waals surface area (Å²) in [7, 11) is 1.45. The third-order valence-corrected chi connectivity index (χ3v) is 4.88. The molecule has 0 aliphatic carbocycles. The van der Waals surface area contributed by atoms with Gasteiger partial charge in [0.2, 0.25) is 17.2 Å². The minimum Gasteiger partial charge on any atom is -0.381 e. The van der Waals surface area contributed by atoms with Gasteiger partial charge >= 0.3 is 0 Å². The third-order valence-electron chi connectivity index (χ3n) is 4.49. The largest absolute Gasteiger partial charge is 0.381 e. The monoisotopic (exact) mass is 416 g/mol. The summed E-state index contributed by atoms with van der Waals surface area (Å²) in [5.74, 6) is 3.09. The van der Waals surface area contributed by atoms with Crippen LogP contribution >= 0.6 is 0 Å². The van der Waals surface area contributed by atoms with E-state index in [-0.39, 0.29) is 55.9 Å². The van der Waals surface area contributed by atoms with Gasteiger partial charge in [0.05, 0.1) is 5.56 Å². The smallest absolute Gasteiger partial charge is 0.245 e. The number of carbonyl (C=O) groups is 1. The summed E-state index contributed by atoms with van der Waals surface area (Å²) in [5.41, 5.74) is -1.67. The van der Waals surface area contributed by atoms with Crippen molar-refractivity contribution < 1.29 is 31.8 Å². The van der Waals surface area contributed by atoms with E-state index in [9.17, 15) is 13.4 Å². The Morgan fingerprint density at radius 2 is 2.11 bits per heavy atom. The Kier molecular flexibility index (Phi) is 8.03. The Labute approximate surface area is 164 Å². The Morgan fingerprint density at radius 3 is 2.68 bits per heavy atom. The van der Waals surface area contributed by atoms with Gasteiger partial charge in [-0.25, -0.2) is 17.7 Å². The van der Waals surface area contributed by atoms with E-state index in [1.165, 1.54) is 14.0 Å². The molecule has 1 heterocycles. The average molecular weight is 416 g/mol. The lowest BCUT2D eigenvalue weighted by Crippen LogP contribution is -2.40. The number of halogens is 2. The number of amides is 1. The fraction of sp³-hybridized carbons (Fsp3) is 0.500. The van der Waals surface area contributed by atoms with Gasteiger partial charge in [0.15, 0.2) is 0 Å². The van der Waals surface area contributed by atoms with Crippen LogP contribution in [0.25, 0.3) is 0 Å². The second-order valence-corrected chi connectivity index (χ2v) is 6.87. The predicted octanol–water partition coefficient (Wildman–Crippen LogP) is 1.33. The quantitative estimate of drug-likeness (QED) is 0.460. The molecule has 3 N–H and O–H groups in total. The first-order valence-electron chi connectivity index (χ1n) is 8.55. The minimum atomic E-state index is -2.39. The van der Waals surface area contributed by atoms with Crippen molar-refractivity contribution in [2.75, 3.05) is 26.9 Å². The van der Waals surface area contributed by atoms with E-state index >= 15 is 4.39 Å². The van der Waals surface area contributed by atoms with Gasteiger partial charge in [0.25, 0.3) is 0 Å². The number of likely N-dealkylation sites (N-methyl/N-ethyl adjacent to an activating group) is 1. The lowest BCUT2D eigenvalue weighted by atomic mass is 9.83. The zero-order chi connectivity index (χ0) is 20.7. The van der Waals surface area contributed by atoms with Gasteiger partial charge in [0.1, 0.15) is 23.8 Å². The van der Waals surface area contributed by atoms with Gasteiger partial charge in [0, 0.05) is 50.8 Å². The highest BCUT2D eigenvalue weighted by atomic mass is 32.2. The number of benzene rings is 1. The number of ether oxygens (including phenoxy) is 2. The number of hydrogen-bond acceptors (Lipinski definition) is 4. The van der Waals surface area contributed by atoms with Crippen molar-refractivity contribution in [3.05, 3.63) is 34.4 Å². The summed E-state index contributed by atoms with van der Waals surface area (Å²) in [6, 6.07) is 1.00. The van der Waals surface area contributed by atoms with Gasteiger partial charge in [-0.15, -0.1) is 5.92 Å². The highest BCUT2D eigenvalue weighted by Crippen LogP contribution is 2.39. The van der Waals surface area contributed by atoms with Gasteiger partial charge in [-0.3, -0.25) is 9.35 Å². The molecule has 10 heteroatoms. The highest BCUT2D eigenvalue weighted by molar-refractivity contribution is 7.77. The van der Waals surface area contributed by atoms with Crippen molar-refractivity contribution in [3.63, 3.8) is 0 Å². The summed E-state index contributed by atoms with van der Waals surface area (Å²) in [4.78, 5) is 11.6. The van der Waals surface area contributed by atoms with Gasteiger partial charge in [-0.1, -0.05) is 5.92 Å². The second kappa shape index (κ2) is 10.0. The molecule has 1 saturated heterocycles. The second-order valence-electron chi connectivity index (χ2n) is 6.09. The fourth-order valence-electron chi connectivity index (χ4n) is 3.03. The molecule has 1 aliphatic rings. The number of rotatable bonds is 7. The Hall–Kier alpha value is -1.90. The van der Waals surface area contributed by atoms with Crippen molar-refractivity contribution in [1.82, 2.24) is 10.0 Å². The first-order valence-corrected chi connectivity index (χ1v) is 9.66. The molecule has 0 aromatic heterocycles. The van der Waals surface area contributed by atoms with Crippen LogP contribution < -0.4 is 10.0 Å². The number of nitrogens with one attached hydrogen (secondary N) is 2. The molecule has 0 bridgehead atoms. The highest BCUT2D eigenvalue weighted by Gasteiger charge is 2.40. The Bertz CT molecular complexity index is 816. The predicted molar refractivity (Wildman–Crippen MR) is 98.3 cm³/mol. The molecule has 7 nitrogen and oxygen atoms in total. The standard InChI is InChI=1S/C18H22F2N2O5S/c1-3-4-12-13(10-22-28(24)25)15(19)9-14(17(12)20)18(5-7-26-8-6-18)27-11-16(23)21-2/h9,22H,5-8,10-11H2,1-2H3,(H,21,23)(H,24,25). The number of hydrogen-bond donors (Lipinski definition) is 3. The van der Waals surface area contributed by atoms with E-state index in [4.69, 9.17) is 14.0 Å². The summed E-state index contributed by atoms with van der Waals surface area (Å²) in [5, 5.41) is 2.42. The van der Waals surface area contributed by atoms with Crippen LogP contribution in [-0.4, -0.2) is 41.5 Å². The lowest BCUT2D eigenvalue weighted by molar-refractivity contribution is -0.146. The normalized spacial score (nSPS) is 16.8. The third kappa shape index (κ3) is 5.12. The van der Waals surface area contributed by atoms with Gasteiger partial charge in [-0.05, 0) is 13.0 Å². The SMILES string of the molecule is CC#Cc1c(F)c(C2(OCC(=O)NC)CCOCC2)cc(F)c1CNS(=O)O. The first-order chi connectivity index (χ1) is 13.3. The molecular formula is C18H22F2N2O5S. The molecule has 1 aromatic rings. The van der Waals surface area contributed by atoms with Crippen molar-refractivity contribution in [2.45, 2.75) is 31.9 Å². The minimum absolute atomic E-state index is 0.0520. The molecule has 0 spiro atoms. The maximum absolute atomic E-state index is 15.4. The summed E-state index contributed by atoms with van der Waals surface area (Å²) in [6.45, 7) is 1.29. The molecule has 1 unspecified atom stereocenters. The van der Waals surface area contributed by atoms with E-state index in [0.717, 1.165) is 6.07 Å². The van der Waals surface area contributed by atoms with Crippen LogP contribution in [-0.2, 0) is 37.7 Å². The molecule has 0 saturated carbocycles. The number of carbonyl (C=O) groups excluding carboxylic acids is 1. The van der Waals surface area contributed by atoms with Crippen LogP contribution in [0.3, 0.4) is 0 Å². The summed E-state index contributed by atoms with van der Waals surface area (Å²) in [6.07, 6.45) is 0.467. The van der Waals surface area contributed by atoms with Crippen LogP contribution in [0, 0.1) is 23.5 Å². The average Bonchev–Trinajstić information content (AvgIpc) is 2.68. The van der Waals surface area contributed by atoms with Crippen molar-refractivity contribution in [3.8, 4) is 11.8 Å². The van der Waals surface area contributed by atoms with E-state index in [0.29, 0.717) is 0 Å². The van der Waals surface area contributed by atoms with Crippen LogP contribution in [0.1, 0.15) is 36.5 Å². The van der Waals surface area contributed by atoms with Crippen LogP contribution in [0.15, 0.2) is 6.07 Å². The van der Waals surface area contributed by atoms with E-state index in [1.54, 1.807) is 0 Å². The van der Waals surface area contributed by atoms with Gasteiger partial charge in [-0.2, -0.15) is 0 Å². The summed E-state index contributed by atoms with van der Waals surface area (Å²) < 4.78 is 63.2. The van der Waals surface area contributed by atoms with Crippen molar-refractivity contribution >= 4 is 17.2 Å². The summed E-state index contributed by atoms with van der Waals surface area (Å²) >= 11 is -2.39. The zero-order valence-corrected chi connectivity index (χ0v) is 16.4. The molecule has 2 rings (SSSR count). The van der Waals surface area contributed by atoms with Crippen molar-refractivity contribution in [2.24, 2.45) is 0 Å². The molecule has 1 aliphatic heterocycles. The molecule has 0 radical (unpaired) electrons. The van der Waals surface area contributed by atoms with Crippen LogP contribution in [0.5, 0.6) is 0 Å². The van der Waals surface area contributed by atoms with Crippen molar-refractivity contribution in [1.29, 1.82) is 0 Å². The Morgan fingerprint density at radius 1 is 1.43 bits per heavy atom. The van der Waals surface area contributed by atoms with E-state index < -0.39 is 34.4 Å². The maximum atomic E-state index is 15.4. The van der Waals surface area contributed by atoms with E-state index in [2.05, 4.69) is 21.9 Å². The molecular weight excluding hydrogens is 394 g/mol. The van der Waals surface area contributed by atoms with Gasteiger partial charge < -0.3 is 14.8 Å². The Balaban J connectivity index is 2.55. The zero-order valence-electron chi connectivity index (χ0n) is 15.6. The molecule has 1 aromatic carbocycles. The fourth-order valence-corrected chi connectivity index (χ4v) is 3.29. The molecule has 1 fully saturated rings. The molecule has 1 amide bonds. The lowest BCUT2D eigenvalue weighted by Gasteiger charge is -2.38. The van der Waals surface area contributed by atoms with Crippen LogP contribution in [0.2, 0.25) is 0 Å². The first kappa shape index (κ1) is 22.4. The topological polar surface area (TPSA) is 96.9 Å². The molecule has 28 heavy (non-hydrogen) atoms. The molecule has 154 valence electrons. The molecule has 1 atom stereocenters. The maximum Gasteiger partial charge on any atom is 0.245 e. The van der Waals surface area contributed by atoms with E-state index in [1.807, 2.05) is 0 Å².